The van der Waals surface area contributed by atoms with Crippen molar-refractivity contribution in [2.24, 2.45) is 0 Å². The van der Waals surface area contributed by atoms with Crippen molar-refractivity contribution < 1.29 is 19.1 Å². The summed E-state index contributed by atoms with van der Waals surface area (Å²) in [4.78, 5) is 28.3. The molecule has 7 heteroatoms. The molecule has 2 heterocycles. The van der Waals surface area contributed by atoms with Crippen LogP contribution in [0.1, 0.15) is 11.6 Å². The molecule has 0 bridgehead atoms. The van der Waals surface area contributed by atoms with Crippen LogP contribution in [0.5, 0.6) is 5.75 Å². The van der Waals surface area contributed by atoms with Crippen molar-refractivity contribution in [2.45, 2.75) is 6.04 Å². The minimum absolute atomic E-state index is 0.0604. The van der Waals surface area contributed by atoms with Gasteiger partial charge >= 0.3 is 6.03 Å². The molecule has 0 radical (unpaired) electrons. The molecule has 0 saturated heterocycles. The fourth-order valence-electron chi connectivity index (χ4n) is 3.05. The summed E-state index contributed by atoms with van der Waals surface area (Å²) in [6, 6.07) is 6.71. The van der Waals surface area contributed by atoms with Crippen LogP contribution in [0.4, 0.5) is 4.79 Å². The highest BCUT2D eigenvalue weighted by Crippen LogP contribution is 2.35. The predicted octanol–water partition coefficient (Wildman–Crippen LogP) is 1.13. The summed E-state index contributed by atoms with van der Waals surface area (Å²) in [5.74, 6) is 0.668. The van der Waals surface area contributed by atoms with E-state index in [1.807, 2.05) is 24.3 Å². The fourth-order valence-corrected chi connectivity index (χ4v) is 3.05. The molecule has 128 valence electrons. The van der Waals surface area contributed by atoms with E-state index in [0.29, 0.717) is 25.3 Å². The second kappa shape index (κ2) is 6.52. The van der Waals surface area contributed by atoms with Crippen molar-refractivity contribution in [1.82, 2.24) is 15.1 Å². The van der Waals surface area contributed by atoms with Crippen LogP contribution in [-0.4, -0.2) is 62.7 Å². The molecule has 3 rings (SSSR count). The molecule has 1 N–H and O–H groups in total. The highest BCUT2D eigenvalue weighted by atomic mass is 16.5. The minimum Gasteiger partial charge on any atom is -0.497 e. The van der Waals surface area contributed by atoms with E-state index >= 15 is 0 Å². The number of amides is 3. The van der Waals surface area contributed by atoms with Crippen molar-refractivity contribution in [3.63, 3.8) is 0 Å². The van der Waals surface area contributed by atoms with Gasteiger partial charge in [0.05, 0.1) is 37.6 Å². The van der Waals surface area contributed by atoms with Gasteiger partial charge in [-0.2, -0.15) is 0 Å². The largest absolute Gasteiger partial charge is 0.497 e. The van der Waals surface area contributed by atoms with Crippen LogP contribution in [0.15, 0.2) is 35.5 Å². The Bertz CT molecular complexity index is 684. The monoisotopic (exact) mass is 331 g/mol. The van der Waals surface area contributed by atoms with Gasteiger partial charge in [-0.1, -0.05) is 12.1 Å². The van der Waals surface area contributed by atoms with Gasteiger partial charge in [0.1, 0.15) is 5.75 Å². The molecule has 3 amide bonds. The van der Waals surface area contributed by atoms with Crippen molar-refractivity contribution in [1.29, 1.82) is 0 Å². The smallest absolute Gasteiger partial charge is 0.322 e. The van der Waals surface area contributed by atoms with Gasteiger partial charge < -0.3 is 19.7 Å². The molecule has 24 heavy (non-hydrogen) atoms. The number of hydrogen-bond acceptors (Lipinski definition) is 4. The lowest BCUT2D eigenvalue weighted by molar-refractivity contribution is -0.126. The third-order valence-electron chi connectivity index (χ3n) is 4.45. The Balaban J connectivity index is 1.94. The Hall–Kier alpha value is -2.54. The number of urea groups is 1. The van der Waals surface area contributed by atoms with Crippen LogP contribution in [0.3, 0.4) is 0 Å². The maximum Gasteiger partial charge on any atom is 0.322 e. The third-order valence-corrected chi connectivity index (χ3v) is 4.45. The number of methoxy groups -OCH3 is 2. The van der Waals surface area contributed by atoms with Gasteiger partial charge in [0.15, 0.2) is 0 Å². The maximum atomic E-state index is 12.8. The molecule has 1 aromatic carbocycles. The molecular formula is C17H21N3O4. The zero-order valence-corrected chi connectivity index (χ0v) is 14.0. The first-order valence-corrected chi connectivity index (χ1v) is 7.76. The lowest BCUT2D eigenvalue weighted by atomic mass is 9.95. The van der Waals surface area contributed by atoms with Gasteiger partial charge in [0.25, 0.3) is 5.91 Å². The summed E-state index contributed by atoms with van der Waals surface area (Å²) in [6.07, 6.45) is 0. The predicted molar refractivity (Wildman–Crippen MR) is 87.5 cm³/mol. The van der Waals surface area contributed by atoms with Gasteiger partial charge in [0, 0.05) is 20.7 Å². The Labute approximate surface area is 140 Å². The van der Waals surface area contributed by atoms with Gasteiger partial charge in [-0.05, 0) is 17.7 Å². The van der Waals surface area contributed by atoms with Crippen LogP contribution < -0.4 is 10.1 Å². The number of ether oxygens (including phenoxy) is 2. The first-order chi connectivity index (χ1) is 11.6. The number of carbonyl (C=O) groups is 2. The minimum atomic E-state index is -0.449. The normalized spacial score (nSPS) is 20.4. The first kappa shape index (κ1) is 16.3. The van der Waals surface area contributed by atoms with E-state index in [1.54, 1.807) is 26.2 Å². The van der Waals surface area contributed by atoms with E-state index in [-0.39, 0.29) is 11.9 Å². The zero-order chi connectivity index (χ0) is 17.3. The first-order valence-electron chi connectivity index (χ1n) is 7.76. The summed E-state index contributed by atoms with van der Waals surface area (Å²) >= 11 is 0. The highest BCUT2D eigenvalue weighted by molar-refractivity contribution is 6.01. The summed E-state index contributed by atoms with van der Waals surface area (Å²) in [5.41, 5.74) is 2.23. The van der Waals surface area contributed by atoms with Crippen molar-refractivity contribution >= 4 is 11.9 Å². The number of benzene rings is 1. The van der Waals surface area contributed by atoms with E-state index in [2.05, 4.69) is 5.32 Å². The number of rotatable bonds is 5. The second-order valence-corrected chi connectivity index (χ2v) is 5.79. The van der Waals surface area contributed by atoms with Crippen LogP contribution in [0.25, 0.3) is 0 Å². The quantitative estimate of drug-likeness (QED) is 0.878. The van der Waals surface area contributed by atoms with Gasteiger partial charge in [-0.15, -0.1) is 0 Å². The molecule has 0 aromatic heterocycles. The Morgan fingerprint density at radius 3 is 2.54 bits per heavy atom. The number of hydrogen-bond donors (Lipinski definition) is 1. The van der Waals surface area contributed by atoms with E-state index in [0.717, 1.165) is 17.0 Å². The number of carbonyl (C=O) groups excluding carboxylic acids is 2. The van der Waals surface area contributed by atoms with E-state index in [9.17, 15) is 9.59 Å². The zero-order valence-electron chi connectivity index (χ0n) is 14.0. The molecule has 2 aliphatic rings. The van der Waals surface area contributed by atoms with Crippen molar-refractivity contribution in [3.05, 3.63) is 41.1 Å². The molecule has 0 aliphatic carbocycles. The topological polar surface area (TPSA) is 71.1 Å². The average molecular weight is 331 g/mol. The lowest BCUT2D eigenvalue weighted by Gasteiger charge is -2.31. The molecule has 0 spiro atoms. The summed E-state index contributed by atoms with van der Waals surface area (Å²) in [6.45, 7) is 1.39. The van der Waals surface area contributed by atoms with Gasteiger partial charge in [-0.25, -0.2) is 4.79 Å². The van der Waals surface area contributed by atoms with Crippen LogP contribution in [0.2, 0.25) is 0 Å². The third kappa shape index (κ3) is 2.71. The van der Waals surface area contributed by atoms with Crippen molar-refractivity contribution in [3.8, 4) is 5.75 Å². The van der Waals surface area contributed by atoms with Crippen LogP contribution >= 0.6 is 0 Å². The second-order valence-electron chi connectivity index (χ2n) is 5.79. The molecule has 0 saturated carbocycles. The van der Waals surface area contributed by atoms with Crippen LogP contribution in [-0.2, 0) is 9.53 Å². The standard InChI is InChI=1S/C17H21N3O4/c1-19-13-10-20(8-9-23-2)16(21)14(13)15(18-17(19)22)11-4-6-12(24-3)7-5-11/h4-7,15H,8-10H2,1-3H3,(H,18,22). The molecule has 1 unspecified atom stereocenters. The Morgan fingerprint density at radius 2 is 1.92 bits per heavy atom. The summed E-state index contributed by atoms with van der Waals surface area (Å²) in [5, 5.41) is 2.91. The molecule has 2 aliphatic heterocycles. The average Bonchev–Trinajstić information content (AvgIpc) is 2.93. The fraction of sp³-hybridized carbons (Fsp3) is 0.412. The number of nitrogens with zero attached hydrogens (tertiary/aromatic N) is 2. The van der Waals surface area contributed by atoms with E-state index in [4.69, 9.17) is 9.47 Å². The maximum absolute atomic E-state index is 12.8. The number of nitrogens with one attached hydrogen (secondary N) is 1. The molecular weight excluding hydrogens is 310 g/mol. The van der Waals surface area contributed by atoms with E-state index < -0.39 is 6.04 Å². The molecule has 0 fully saturated rings. The van der Waals surface area contributed by atoms with Crippen LogP contribution in [0, 0.1) is 0 Å². The van der Waals surface area contributed by atoms with Crippen molar-refractivity contribution in [2.75, 3.05) is 41.0 Å². The molecule has 1 aromatic rings. The number of likely N-dealkylation sites (N-methyl/N-ethyl adjacent to an activating group) is 1. The Morgan fingerprint density at radius 1 is 1.21 bits per heavy atom. The SMILES string of the molecule is COCCN1CC2=C(C1=O)C(c1ccc(OC)cc1)NC(=O)N2C. The Kier molecular flexibility index (Phi) is 4.44. The lowest BCUT2D eigenvalue weighted by Crippen LogP contribution is -2.45. The molecule has 7 nitrogen and oxygen atoms in total. The van der Waals surface area contributed by atoms with Gasteiger partial charge in [-0.3, -0.25) is 9.69 Å². The van der Waals surface area contributed by atoms with Gasteiger partial charge in [0.2, 0.25) is 0 Å². The summed E-state index contributed by atoms with van der Waals surface area (Å²) < 4.78 is 10.2. The summed E-state index contributed by atoms with van der Waals surface area (Å²) in [7, 11) is 4.88. The highest BCUT2D eigenvalue weighted by Gasteiger charge is 2.42. The van der Waals surface area contributed by atoms with E-state index in [1.165, 1.54) is 4.90 Å². The molecule has 1 atom stereocenters.